The quantitative estimate of drug-likeness (QED) is 0.899. The Labute approximate surface area is 116 Å². The molecule has 3 unspecified atom stereocenters. The minimum absolute atomic E-state index is 0.156. The molecule has 0 bridgehead atoms. The summed E-state index contributed by atoms with van der Waals surface area (Å²) in [6.07, 6.45) is 1.19. The molecule has 0 saturated carbocycles. The lowest BCUT2D eigenvalue weighted by Gasteiger charge is -2.43. The normalized spacial score (nSPS) is 28.5. The average molecular weight is 264 g/mol. The van der Waals surface area contributed by atoms with Gasteiger partial charge in [-0.15, -0.1) is 0 Å². The number of nitrogens with one attached hydrogen (secondary N) is 1. The summed E-state index contributed by atoms with van der Waals surface area (Å²) in [6.45, 7) is 9.87. The van der Waals surface area contributed by atoms with Crippen LogP contribution in [0.4, 0.5) is 4.39 Å². The number of likely N-dealkylation sites (tertiary alicyclic amines) is 1. The number of nitrogens with zero attached hydrogens (tertiary/aromatic N) is 1. The summed E-state index contributed by atoms with van der Waals surface area (Å²) in [6, 6.07) is 8.07. The number of rotatable bonds is 4. The van der Waals surface area contributed by atoms with Crippen molar-refractivity contribution in [1.82, 2.24) is 10.2 Å². The smallest absolute Gasteiger partial charge is 0.123 e. The summed E-state index contributed by atoms with van der Waals surface area (Å²) < 4.78 is 12.9. The molecule has 0 aliphatic carbocycles. The molecule has 0 aromatic heterocycles. The van der Waals surface area contributed by atoms with E-state index in [4.69, 9.17) is 0 Å². The fourth-order valence-corrected chi connectivity index (χ4v) is 3.04. The van der Waals surface area contributed by atoms with Crippen LogP contribution in [0.2, 0.25) is 0 Å². The molecule has 1 saturated heterocycles. The summed E-state index contributed by atoms with van der Waals surface area (Å²) in [5.41, 5.74) is 1.20. The SMILES string of the molecule is CCNC1CCN(Cc2ccc(F)cc2)C(C)C1C. The molecule has 1 aliphatic rings. The first kappa shape index (κ1) is 14.5. The van der Waals surface area contributed by atoms with Crippen LogP contribution < -0.4 is 5.32 Å². The van der Waals surface area contributed by atoms with E-state index in [9.17, 15) is 4.39 Å². The molecule has 19 heavy (non-hydrogen) atoms. The molecule has 3 heteroatoms. The zero-order chi connectivity index (χ0) is 13.8. The van der Waals surface area contributed by atoms with Crippen molar-refractivity contribution in [1.29, 1.82) is 0 Å². The summed E-state index contributed by atoms with van der Waals surface area (Å²) in [5, 5.41) is 3.58. The van der Waals surface area contributed by atoms with E-state index in [1.54, 1.807) is 12.1 Å². The molecule has 1 N–H and O–H groups in total. The highest BCUT2D eigenvalue weighted by Gasteiger charge is 2.31. The van der Waals surface area contributed by atoms with Gasteiger partial charge < -0.3 is 5.32 Å². The monoisotopic (exact) mass is 264 g/mol. The van der Waals surface area contributed by atoms with Gasteiger partial charge in [-0.25, -0.2) is 4.39 Å². The number of hydrogen-bond acceptors (Lipinski definition) is 2. The molecule has 1 aliphatic heterocycles. The third kappa shape index (κ3) is 3.54. The minimum Gasteiger partial charge on any atom is -0.314 e. The second-order valence-electron chi connectivity index (χ2n) is 5.65. The number of benzene rings is 1. The van der Waals surface area contributed by atoms with Crippen molar-refractivity contribution in [2.24, 2.45) is 5.92 Å². The van der Waals surface area contributed by atoms with Gasteiger partial charge in [0.25, 0.3) is 0 Å². The molecule has 0 spiro atoms. The maximum Gasteiger partial charge on any atom is 0.123 e. The van der Waals surface area contributed by atoms with Crippen LogP contribution in [0.5, 0.6) is 0 Å². The summed E-state index contributed by atoms with van der Waals surface area (Å²) in [5.74, 6) is 0.491. The van der Waals surface area contributed by atoms with E-state index in [1.807, 2.05) is 12.1 Å². The van der Waals surface area contributed by atoms with Crippen molar-refractivity contribution in [3.05, 3.63) is 35.6 Å². The second-order valence-corrected chi connectivity index (χ2v) is 5.65. The van der Waals surface area contributed by atoms with Gasteiger partial charge in [0.2, 0.25) is 0 Å². The van der Waals surface area contributed by atoms with Gasteiger partial charge in [0, 0.05) is 25.2 Å². The van der Waals surface area contributed by atoms with Gasteiger partial charge in [-0.1, -0.05) is 26.0 Å². The highest BCUT2D eigenvalue weighted by molar-refractivity contribution is 5.16. The molecule has 1 aromatic carbocycles. The standard InChI is InChI=1S/C16H25FN2/c1-4-18-16-9-10-19(13(3)12(16)2)11-14-5-7-15(17)8-6-14/h5-8,12-13,16,18H,4,9-11H2,1-3H3. The largest absolute Gasteiger partial charge is 0.314 e. The van der Waals surface area contributed by atoms with Crippen molar-refractivity contribution in [2.45, 2.75) is 45.8 Å². The van der Waals surface area contributed by atoms with Crippen LogP contribution in [0.25, 0.3) is 0 Å². The van der Waals surface area contributed by atoms with E-state index >= 15 is 0 Å². The summed E-state index contributed by atoms with van der Waals surface area (Å²) >= 11 is 0. The highest BCUT2D eigenvalue weighted by Crippen LogP contribution is 2.25. The van der Waals surface area contributed by atoms with Crippen molar-refractivity contribution in [3.8, 4) is 0 Å². The Morgan fingerprint density at radius 1 is 1.26 bits per heavy atom. The lowest BCUT2D eigenvalue weighted by Crippen LogP contribution is -2.52. The molecule has 106 valence electrons. The first-order valence-corrected chi connectivity index (χ1v) is 7.33. The van der Waals surface area contributed by atoms with Gasteiger partial charge in [-0.2, -0.15) is 0 Å². The van der Waals surface area contributed by atoms with Crippen molar-refractivity contribution >= 4 is 0 Å². The fourth-order valence-electron chi connectivity index (χ4n) is 3.04. The highest BCUT2D eigenvalue weighted by atomic mass is 19.1. The molecule has 3 atom stereocenters. The Bertz CT molecular complexity index is 390. The van der Waals surface area contributed by atoms with Crippen LogP contribution in [0.1, 0.15) is 32.8 Å². The van der Waals surface area contributed by atoms with Crippen LogP contribution in [-0.4, -0.2) is 30.1 Å². The average Bonchev–Trinajstić information content (AvgIpc) is 2.41. The van der Waals surface area contributed by atoms with Gasteiger partial charge in [0.15, 0.2) is 0 Å². The third-order valence-corrected chi connectivity index (χ3v) is 4.46. The van der Waals surface area contributed by atoms with E-state index in [2.05, 4.69) is 31.0 Å². The Morgan fingerprint density at radius 2 is 1.95 bits per heavy atom. The van der Waals surface area contributed by atoms with Gasteiger partial charge in [0.05, 0.1) is 0 Å². The van der Waals surface area contributed by atoms with Crippen molar-refractivity contribution < 1.29 is 4.39 Å². The number of piperidine rings is 1. The van der Waals surface area contributed by atoms with E-state index < -0.39 is 0 Å². The Kier molecular flexibility index (Phi) is 4.94. The minimum atomic E-state index is -0.156. The predicted octanol–water partition coefficient (Wildman–Crippen LogP) is 3.03. The first-order chi connectivity index (χ1) is 9.11. The van der Waals surface area contributed by atoms with E-state index in [0.29, 0.717) is 18.0 Å². The molecule has 0 amide bonds. The Balaban J connectivity index is 1.97. The van der Waals surface area contributed by atoms with E-state index in [-0.39, 0.29) is 5.82 Å². The van der Waals surface area contributed by atoms with Crippen LogP contribution in [0.15, 0.2) is 24.3 Å². The molecule has 1 aromatic rings. The van der Waals surface area contributed by atoms with Gasteiger partial charge in [-0.3, -0.25) is 4.90 Å². The second kappa shape index (κ2) is 6.49. The van der Waals surface area contributed by atoms with Gasteiger partial charge in [-0.05, 0) is 43.5 Å². The molecule has 2 rings (SSSR count). The Morgan fingerprint density at radius 3 is 2.58 bits per heavy atom. The number of halogens is 1. The van der Waals surface area contributed by atoms with Crippen LogP contribution in [0.3, 0.4) is 0 Å². The lowest BCUT2D eigenvalue weighted by atomic mass is 9.86. The molecule has 0 radical (unpaired) electrons. The molecule has 2 nitrogen and oxygen atoms in total. The lowest BCUT2D eigenvalue weighted by molar-refractivity contribution is 0.0790. The van der Waals surface area contributed by atoms with E-state index in [1.165, 1.54) is 12.0 Å². The number of hydrogen-bond donors (Lipinski definition) is 1. The zero-order valence-corrected chi connectivity index (χ0v) is 12.2. The van der Waals surface area contributed by atoms with Crippen molar-refractivity contribution in [2.75, 3.05) is 13.1 Å². The fraction of sp³-hybridized carbons (Fsp3) is 0.625. The van der Waals surface area contributed by atoms with E-state index in [0.717, 1.165) is 19.6 Å². The Hall–Kier alpha value is -0.930. The van der Waals surface area contributed by atoms with Crippen LogP contribution in [-0.2, 0) is 6.54 Å². The van der Waals surface area contributed by atoms with Crippen LogP contribution in [0, 0.1) is 11.7 Å². The summed E-state index contributed by atoms with van der Waals surface area (Å²) in [4.78, 5) is 2.51. The predicted molar refractivity (Wildman–Crippen MR) is 77.5 cm³/mol. The van der Waals surface area contributed by atoms with Gasteiger partial charge >= 0.3 is 0 Å². The molecule has 1 heterocycles. The summed E-state index contributed by atoms with van der Waals surface area (Å²) in [7, 11) is 0. The maximum atomic E-state index is 12.9. The third-order valence-electron chi connectivity index (χ3n) is 4.46. The zero-order valence-electron chi connectivity index (χ0n) is 12.2. The molecule has 1 fully saturated rings. The maximum absolute atomic E-state index is 12.9. The molecular weight excluding hydrogens is 239 g/mol. The topological polar surface area (TPSA) is 15.3 Å². The van der Waals surface area contributed by atoms with Gasteiger partial charge in [0.1, 0.15) is 5.82 Å². The first-order valence-electron chi connectivity index (χ1n) is 7.33. The van der Waals surface area contributed by atoms with Crippen molar-refractivity contribution in [3.63, 3.8) is 0 Å². The molecular formula is C16H25FN2. The van der Waals surface area contributed by atoms with Crippen LogP contribution >= 0.6 is 0 Å².